The van der Waals surface area contributed by atoms with Gasteiger partial charge in [-0.05, 0) is 80.5 Å². The van der Waals surface area contributed by atoms with Gasteiger partial charge >= 0.3 is 0 Å². The van der Waals surface area contributed by atoms with Gasteiger partial charge in [0.25, 0.3) is 5.91 Å². The minimum atomic E-state index is 0.0107. The summed E-state index contributed by atoms with van der Waals surface area (Å²) in [5.41, 5.74) is 0.695. The maximum atomic E-state index is 12.5. The molecule has 5 heteroatoms. The smallest absolute Gasteiger partial charge is 0.251 e. The van der Waals surface area contributed by atoms with E-state index in [0.717, 1.165) is 75.2 Å². The molecule has 5 rings (SSSR count). The minimum absolute atomic E-state index is 0.0107. The molecule has 4 aliphatic rings. The van der Waals surface area contributed by atoms with Crippen molar-refractivity contribution in [2.45, 2.75) is 63.9 Å². The zero-order valence-corrected chi connectivity index (χ0v) is 17.9. The van der Waals surface area contributed by atoms with Crippen LogP contribution in [-0.4, -0.2) is 42.5 Å². The average molecular weight is 411 g/mol. The molecule has 1 saturated heterocycles. The highest BCUT2D eigenvalue weighted by Crippen LogP contribution is 2.49. The van der Waals surface area contributed by atoms with Gasteiger partial charge in [0.1, 0.15) is 11.9 Å². The fourth-order valence-corrected chi connectivity index (χ4v) is 5.86. The largest absolute Gasteiger partial charge is 0.490 e. The topological polar surface area (TPSA) is 58.6 Å². The number of ether oxygens (including phenoxy) is 1. The third-order valence-electron chi connectivity index (χ3n) is 7.78. The first-order chi connectivity index (χ1) is 14.7. The number of rotatable bonds is 7. The minimum Gasteiger partial charge on any atom is -0.490 e. The van der Waals surface area contributed by atoms with Crippen LogP contribution in [0.4, 0.5) is 0 Å². The molecule has 3 saturated carbocycles. The maximum Gasteiger partial charge on any atom is 0.251 e. The van der Waals surface area contributed by atoms with Gasteiger partial charge < -0.3 is 15.0 Å². The van der Waals surface area contributed by atoms with Crippen molar-refractivity contribution < 1.29 is 14.3 Å². The van der Waals surface area contributed by atoms with Crippen molar-refractivity contribution in [1.29, 1.82) is 0 Å². The van der Waals surface area contributed by atoms with Crippen LogP contribution in [0.25, 0.3) is 0 Å². The zero-order valence-electron chi connectivity index (χ0n) is 17.9. The number of carbonyl (C=O) groups excluding carboxylic acids is 2. The van der Waals surface area contributed by atoms with Crippen molar-refractivity contribution in [2.24, 2.45) is 23.7 Å². The van der Waals surface area contributed by atoms with E-state index in [0.29, 0.717) is 17.4 Å². The first-order valence-corrected chi connectivity index (χ1v) is 12.0. The molecule has 0 radical (unpaired) electrons. The van der Waals surface area contributed by atoms with Gasteiger partial charge in [0, 0.05) is 44.0 Å². The first kappa shape index (κ1) is 19.9. The van der Waals surface area contributed by atoms with E-state index in [1.165, 1.54) is 25.7 Å². The Morgan fingerprint density at radius 3 is 2.37 bits per heavy atom. The predicted molar refractivity (Wildman–Crippen MR) is 115 cm³/mol. The molecule has 1 heterocycles. The van der Waals surface area contributed by atoms with E-state index in [9.17, 15) is 9.59 Å². The molecular weight excluding hydrogens is 376 g/mol. The number of carbonyl (C=O) groups is 2. The number of fused-ring (bicyclic) bond motifs is 2. The van der Waals surface area contributed by atoms with Crippen molar-refractivity contribution >= 4 is 11.8 Å². The Morgan fingerprint density at radius 1 is 0.967 bits per heavy atom. The Morgan fingerprint density at radius 2 is 1.73 bits per heavy atom. The molecule has 162 valence electrons. The molecule has 0 aromatic heterocycles. The van der Waals surface area contributed by atoms with E-state index in [4.69, 9.17) is 4.74 Å². The summed E-state index contributed by atoms with van der Waals surface area (Å²) in [6.45, 7) is 2.37. The molecule has 3 aliphatic carbocycles. The fraction of sp³-hybridized carbons (Fsp3) is 0.680. The molecule has 1 N–H and O–H groups in total. The third kappa shape index (κ3) is 4.50. The highest BCUT2D eigenvalue weighted by atomic mass is 16.5. The molecule has 0 spiro atoms. The summed E-state index contributed by atoms with van der Waals surface area (Å²) in [4.78, 5) is 26.6. The lowest BCUT2D eigenvalue weighted by molar-refractivity contribution is -0.134. The van der Waals surface area contributed by atoms with Crippen LogP contribution < -0.4 is 10.1 Å². The first-order valence-electron chi connectivity index (χ1n) is 12.0. The summed E-state index contributed by atoms with van der Waals surface area (Å²) in [5, 5.41) is 3.10. The Hall–Kier alpha value is -2.04. The Balaban J connectivity index is 1.04. The van der Waals surface area contributed by atoms with E-state index >= 15 is 0 Å². The molecule has 1 aromatic rings. The van der Waals surface area contributed by atoms with Crippen molar-refractivity contribution in [3.05, 3.63) is 29.8 Å². The normalized spacial score (nSPS) is 28.5. The van der Waals surface area contributed by atoms with E-state index in [1.807, 2.05) is 29.2 Å². The molecule has 3 atom stereocenters. The van der Waals surface area contributed by atoms with E-state index in [-0.39, 0.29) is 12.0 Å². The van der Waals surface area contributed by atoms with E-state index < -0.39 is 0 Å². The lowest BCUT2D eigenvalue weighted by atomic mass is 9.86. The molecule has 1 aromatic carbocycles. The van der Waals surface area contributed by atoms with Gasteiger partial charge in [-0.3, -0.25) is 9.59 Å². The highest BCUT2D eigenvalue weighted by molar-refractivity contribution is 5.94. The molecule has 2 bridgehead atoms. The monoisotopic (exact) mass is 410 g/mol. The van der Waals surface area contributed by atoms with E-state index in [1.54, 1.807) is 0 Å². The van der Waals surface area contributed by atoms with Gasteiger partial charge in [0.15, 0.2) is 0 Å². The Labute approximate surface area is 179 Å². The van der Waals surface area contributed by atoms with Crippen LogP contribution >= 0.6 is 0 Å². The van der Waals surface area contributed by atoms with Crippen molar-refractivity contribution in [1.82, 2.24) is 10.2 Å². The van der Waals surface area contributed by atoms with Gasteiger partial charge in [-0.25, -0.2) is 0 Å². The molecule has 1 aliphatic heterocycles. The van der Waals surface area contributed by atoms with Crippen LogP contribution in [-0.2, 0) is 4.79 Å². The van der Waals surface area contributed by atoms with Gasteiger partial charge in [0.05, 0.1) is 0 Å². The number of hydrogen-bond acceptors (Lipinski definition) is 3. The predicted octanol–water partition coefficient (Wildman–Crippen LogP) is 4.02. The van der Waals surface area contributed by atoms with Crippen LogP contribution in [0.15, 0.2) is 24.3 Å². The quantitative estimate of drug-likeness (QED) is 0.739. The van der Waals surface area contributed by atoms with Crippen LogP contribution in [0.1, 0.15) is 68.1 Å². The number of nitrogens with zero attached hydrogens (tertiary/aromatic N) is 1. The summed E-state index contributed by atoms with van der Waals surface area (Å²) in [6, 6.07) is 7.50. The maximum absolute atomic E-state index is 12.5. The summed E-state index contributed by atoms with van der Waals surface area (Å²) in [7, 11) is 0. The van der Waals surface area contributed by atoms with Crippen LogP contribution in [0.2, 0.25) is 0 Å². The van der Waals surface area contributed by atoms with Gasteiger partial charge in [-0.15, -0.1) is 0 Å². The molecule has 4 fully saturated rings. The highest BCUT2D eigenvalue weighted by Gasteiger charge is 2.39. The molecule has 2 amide bonds. The standard InChI is InChI=1S/C25H34N2O3/c28-24(26-12-9-21-16-17-1-2-20(21)15-17)18-5-7-22(8-6-18)30-23-10-13-27(14-11-23)25(29)19-3-4-19/h5-8,17,19-21,23H,1-4,9-16H2,(H,26,28). The fourth-order valence-electron chi connectivity index (χ4n) is 5.86. The van der Waals surface area contributed by atoms with Gasteiger partial charge in [-0.2, -0.15) is 0 Å². The third-order valence-corrected chi connectivity index (χ3v) is 7.78. The van der Waals surface area contributed by atoms with E-state index in [2.05, 4.69) is 5.32 Å². The number of hydrogen-bond donors (Lipinski definition) is 1. The number of likely N-dealkylation sites (tertiary alicyclic amines) is 1. The number of piperidine rings is 1. The second-order valence-corrected chi connectivity index (χ2v) is 9.92. The lowest BCUT2D eigenvalue weighted by Gasteiger charge is -2.32. The second-order valence-electron chi connectivity index (χ2n) is 9.92. The van der Waals surface area contributed by atoms with Crippen LogP contribution in [0.3, 0.4) is 0 Å². The molecule has 3 unspecified atom stereocenters. The van der Waals surface area contributed by atoms with Crippen molar-refractivity contribution in [3.63, 3.8) is 0 Å². The number of nitrogens with one attached hydrogen (secondary N) is 1. The number of amides is 2. The summed E-state index contributed by atoms with van der Waals surface area (Å²) < 4.78 is 6.10. The molecule has 5 nitrogen and oxygen atoms in total. The second kappa shape index (κ2) is 8.60. The number of benzene rings is 1. The zero-order chi connectivity index (χ0) is 20.5. The molecular formula is C25H34N2O3. The molecule has 30 heavy (non-hydrogen) atoms. The van der Waals surface area contributed by atoms with Gasteiger partial charge in [0.2, 0.25) is 5.91 Å². The van der Waals surface area contributed by atoms with Crippen LogP contribution in [0, 0.1) is 23.7 Å². The SMILES string of the molecule is O=C(NCCC1CC2CCC1C2)c1ccc(OC2CCN(C(=O)C3CC3)CC2)cc1. The lowest BCUT2D eigenvalue weighted by Crippen LogP contribution is -2.42. The average Bonchev–Trinajstić information content (AvgIpc) is 3.42. The summed E-state index contributed by atoms with van der Waals surface area (Å²) in [5.74, 6) is 4.16. The Bertz CT molecular complexity index is 765. The Kier molecular flexibility index (Phi) is 5.70. The van der Waals surface area contributed by atoms with Gasteiger partial charge in [-0.1, -0.05) is 6.42 Å². The summed E-state index contributed by atoms with van der Waals surface area (Å²) >= 11 is 0. The van der Waals surface area contributed by atoms with Crippen molar-refractivity contribution in [2.75, 3.05) is 19.6 Å². The van der Waals surface area contributed by atoms with Crippen molar-refractivity contribution in [3.8, 4) is 5.75 Å². The summed E-state index contributed by atoms with van der Waals surface area (Å²) in [6.07, 6.45) is 10.8. The van der Waals surface area contributed by atoms with Crippen LogP contribution in [0.5, 0.6) is 5.75 Å².